The Morgan fingerprint density at radius 3 is 2.56 bits per heavy atom. The zero-order valence-electron chi connectivity index (χ0n) is 9.84. The Kier molecular flexibility index (Phi) is 3.59. The average Bonchev–Trinajstić information content (AvgIpc) is 2.71. The second-order valence-electron chi connectivity index (χ2n) is 4.38. The first kappa shape index (κ1) is 11.6. The van der Waals surface area contributed by atoms with Gasteiger partial charge in [-0.2, -0.15) is 0 Å². The molecular weight excluding hydrogens is 202 g/mol. The fourth-order valence-electron chi connectivity index (χ4n) is 2.28. The summed E-state index contributed by atoms with van der Waals surface area (Å²) >= 11 is 0. The lowest BCUT2D eigenvalue weighted by Gasteiger charge is -2.24. The molecule has 0 aliphatic carbocycles. The highest BCUT2D eigenvalue weighted by atomic mass is 16.5. The van der Waals surface area contributed by atoms with Crippen LogP contribution in [0.1, 0.15) is 18.5 Å². The Bertz CT molecular complexity index is 328. The monoisotopic (exact) mass is 221 g/mol. The zero-order valence-corrected chi connectivity index (χ0v) is 9.84. The molecule has 0 bridgehead atoms. The number of hydrogen-bond donors (Lipinski definition) is 1. The van der Waals surface area contributed by atoms with E-state index in [2.05, 4.69) is 24.0 Å². The summed E-state index contributed by atoms with van der Waals surface area (Å²) in [5.74, 6) is 0. The van der Waals surface area contributed by atoms with Crippen LogP contribution in [0.5, 0.6) is 0 Å². The van der Waals surface area contributed by atoms with Gasteiger partial charge < -0.3 is 9.84 Å². The molecule has 0 amide bonds. The van der Waals surface area contributed by atoms with Gasteiger partial charge in [-0.15, -0.1) is 0 Å². The molecule has 1 aliphatic heterocycles. The number of β-amino-alcohol motifs (C(OH)–C–C–N with tert-alkyl or cyclic N) is 1. The van der Waals surface area contributed by atoms with Crippen molar-refractivity contribution in [2.75, 3.05) is 20.2 Å². The van der Waals surface area contributed by atoms with Crippen molar-refractivity contribution in [2.24, 2.45) is 0 Å². The second kappa shape index (κ2) is 4.95. The SMILES string of the molecule is CO[C@@H]1CN([C@H](C)c2ccccc2)C[C@H]1O. The van der Waals surface area contributed by atoms with Gasteiger partial charge in [0.25, 0.3) is 0 Å². The molecule has 2 rings (SSSR count). The molecule has 1 N–H and O–H groups in total. The van der Waals surface area contributed by atoms with Crippen LogP contribution in [0.25, 0.3) is 0 Å². The van der Waals surface area contributed by atoms with Crippen molar-refractivity contribution in [2.45, 2.75) is 25.2 Å². The minimum absolute atomic E-state index is 0.0498. The van der Waals surface area contributed by atoms with E-state index in [9.17, 15) is 5.11 Å². The largest absolute Gasteiger partial charge is 0.389 e. The number of likely N-dealkylation sites (tertiary alicyclic amines) is 1. The molecule has 1 fully saturated rings. The number of benzene rings is 1. The first-order chi connectivity index (χ1) is 7.72. The summed E-state index contributed by atoms with van der Waals surface area (Å²) in [5.41, 5.74) is 1.28. The standard InChI is InChI=1S/C13H19NO2/c1-10(11-6-4-3-5-7-11)14-8-12(15)13(9-14)16-2/h3-7,10,12-13,15H,8-9H2,1-2H3/t10-,12-,13-/m1/s1. The van der Waals surface area contributed by atoms with E-state index in [0.717, 1.165) is 6.54 Å². The van der Waals surface area contributed by atoms with Gasteiger partial charge in [0.15, 0.2) is 0 Å². The first-order valence-corrected chi connectivity index (χ1v) is 5.72. The van der Waals surface area contributed by atoms with Crippen LogP contribution in [0.3, 0.4) is 0 Å². The summed E-state index contributed by atoms with van der Waals surface area (Å²) in [7, 11) is 1.66. The molecule has 1 heterocycles. The lowest BCUT2D eigenvalue weighted by Crippen LogP contribution is -2.26. The van der Waals surface area contributed by atoms with Crippen LogP contribution in [-0.4, -0.2) is 42.4 Å². The predicted molar refractivity (Wildman–Crippen MR) is 63.2 cm³/mol. The van der Waals surface area contributed by atoms with Gasteiger partial charge in [0.1, 0.15) is 0 Å². The Labute approximate surface area is 96.6 Å². The Morgan fingerprint density at radius 1 is 1.31 bits per heavy atom. The van der Waals surface area contributed by atoms with E-state index >= 15 is 0 Å². The third kappa shape index (κ3) is 2.26. The number of hydrogen-bond acceptors (Lipinski definition) is 3. The quantitative estimate of drug-likeness (QED) is 0.838. The smallest absolute Gasteiger partial charge is 0.0969 e. The molecule has 88 valence electrons. The maximum Gasteiger partial charge on any atom is 0.0969 e. The fraction of sp³-hybridized carbons (Fsp3) is 0.538. The van der Waals surface area contributed by atoms with Crippen LogP contribution in [0.15, 0.2) is 30.3 Å². The summed E-state index contributed by atoms with van der Waals surface area (Å²) in [6.07, 6.45) is -0.415. The van der Waals surface area contributed by atoms with Gasteiger partial charge in [-0.3, -0.25) is 4.90 Å². The third-order valence-corrected chi connectivity index (χ3v) is 3.40. The third-order valence-electron chi connectivity index (χ3n) is 3.40. The van der Waals surface area contributed by atoms with Crippen LogP contribution in [0.2, 0.25) is 0 Å². The zero-order chi connectivity index (χ0) is 11.5. The van der Waals surface area contributed by atoms with Gasteiger partial charge in [-0.05, 0) is 12.5 Å². The molecule has 3 heteroatoms. The molecule has 0 saturated carbocycles. The van der Waals surface area contributed by atoms with E-state index in [1.165, 1.54) is 5.56 Å². The second-order valence-corrected chi connectivity index (χ2v) is 4.38. The Morgan fingerprint density at radius 2 is 2.00 bits per heavy atom. The normalized spacial score (nSPS) is 28.2. The van der Waals surface area contributed by atoms with Crippen LogP contribution >= 0.6 is 0 Å². The number of rotatable bonds is 3. The molecule has 0 aromatic heterocycles. The summed E-state index contributed by atoms with van der Waals surface area (Å²) in [5, 5.41) is 9.79. The van der Waals surface area contributed by atoms with Crippen molar-refractivity contribution in [1.82, 2.24) is 4.90 Å². The molecule has 16 heavy (non-hydrogen) atoms. The van der Waals surface area contributed by atoms with E-state index in [1.54, 1.807) is 7.11 Å². The molecule has 3 nitrogen and oxygen atoms in total. The Balaban J connectivity index is 2.04. The maximum atomic E-state index is 9.79. The van der Waals surface area contributed by atoms with Gasteiger partial charge >= 0.3 is 0 Å². The van der Waals surface area contributed by atoms with Crippen molar-refractivity contribution in [3.05, 3.63) is 35.9 Å². The van der Waals surface area contributed by atoms with Gasteiger partial charge in [0.05, 0.1) is 12.2 Å². The number of nitrogens with zero attached hydrogens (tertiary/aromatic N) is 1. The van der Waals surface area contributed by atoms with Gasteiger partial charge in [0.2, 0.25) is 0 Å². The average molecular weight is 221 g/mol. The molecule has 1 aromatic carbocycles. The first-order valence-electron chi connectivity index (χ1n) is 5.72. The topological polar surface area (TPSA) is 32.7 Å². The fourth-order valence-corrected chi connectivity index (χ4v) is 2.28. The van der Waals surface area contributed by atoms with Crippen molar-refractivity contribution in [3.63, 3.8) is 0 Å². The lowest BCUT2D eigenvalue weighted by molar-refractivity contribution is 0.0214. The molecule has 3 atom stereocenters. The van der Waals surface area contributed by atoms with E-state index in [0.29, 0.717) is 12.6 Å². The van der Waals surface area contributed by atoms with Crippen LogP contribution in [-0.2, 0) is 4.74 Å². The molecule has 0 radical (unpaired) electrons. The summed E-state index contributed by atoms with van der Waals surface area (Å²) in [6, 6.07) is 10.7. The minimum atomic E-state index is -0.365. The molecule has 0 unspecified atom stereocenters. The molecule has 1 aliphatic rings. The highest BCUT2D eigenvalue weighted by Crippen LogP contribution is 2.25. The van der Waals surface area contributed by atoms with E-state index in [-0.39, 0.29) is 12.2 Å². The highest BCUT2D eigenvalue weighted by molar-refractivity contribution is 5.18. The molecule has 1 aromatic rings. The van der Waals surface area contributed by atoms with Gasteiger partial charge in [0, 0.05) is 26.2 Å². The molecule has 0 spiro atoms. The van der Waals surface area contributed by atoms with Gasteiger partial charge in [-0.1, -0.05) is 30.3 Å². The Hall–Kier alpha value is -0.900. The lowest BCUT2D eigenvalue weighted by atomic mass is 10.1. The van der Waals surface area contributed by atoms with Crippen molar-refractivity contribution in [1.29, 1.82) is 0 Å². The number of aliphatic hydroxyl groups excluding tert-OH is 1. The maximum absolute atomic E-state index is 9.79. The van der Waals surface area contributed by atoms with Crippen molar-refractivity contribution < 1.29 is 9.84 Å². The van der Waals surface area contributed by atoms with E-state index in [1.807, 2.05) is 18.2 Å². The van der Waals surface area contributed by atoms with Crippen LogP contribution < -0.4 is 0 Å². The van der Waals surface area contributed by atoms with Crippen molar-refractivity contribution >= 4 is 0 Å². The summed E-state index contributed by atoms with van der Waals surface area (Å²) in [6.45, 7) is 3.66. The summed E-state index contributed by atoms with van der Waals surface area (Å²) in [4.78, 5) is 2.26. The van der Waals surface area contributed by atoms with E-state index < -0.39 is 0 Å². The van der Waals surface area contributed by atoms with Gasteiger partial charge in [-0.25, -0.2) is 0 Å². The molecular formula is C13H19NO2. The van der Waals surface area contributed by atoms with Crippen LogP contribution in [0.4, 0.5) is 0 Å². The summed E-state index contributed by atoms with van der Waals surface area (Å²) < 4.78 is 5.25. The molecule has 1 saturated heterocycles. The number of ether oxygens (including phenoxy) is 1. The number of methoxy groups -OCH3 is 1. The number of aliphatic hydroxyl groups is 1. The highest BCUT2D eigenvalue weighted by Gasteiger charge is 2.33. The van der Waals surface area contributed by atoms with E-state index in [4.69, 9.17) is 4.74 Å². The van der Waals surface area contributed by atoms with Crippen molar-refractivity contribution in [3.8, 4) is 0 Å². The predicted octanol–water partition coefficient (Wildman–Crippen LogP) is 1.44. The minimum Gasteiger partial charge on any atom is -0.389 e. The van der Waals surface area contributed by atoms with Crippen LogP contribution in [0, 0.1) is 0 Å².